The van der Waals surface area contributed by atoms with Crippen LogP contribution in [0.25, 0.3) is 0 Å². The van der Waals surface area contributed by atoms with Gasteiger partial charge in [0.15, 0.2) is 0 Å². The predicted molar refractivity (Wildman–Crippen MR) is 65.6 cm³/mol. The Bertz CT molecular complexity index is 430. The van der Waals surface area contributed by atoms with Crippen LogP contribution in [0.1, 0.15) is 37.7 Å². The zero-order valence-corrected chi connectivity index (χ0v) is 9.93. The summed E-state index contributed by atoms with van der Waals surface area (Å²) in [5, 5.41) is 4.09. The Balaban J connectivity index is 2.14. The second-order valence-corrected chi connectivity index (χ2v) is 4.39. The van der Waals surface area contributed by atoms with Crippen molar-refractivity contribution in [2.24, 2.45) is 5.10 Å². The van der Waals surface area contributed by atoms with Gasteiger partial charge in [0, 0.05) is 5.71 Å². The van der Waals surface area contributed by atoms with Crippen molar-refractivity contribution in [3.8, 4) is 0 Å². The van der Waals surface area contributed by atoms with Gasteiger partial charge in [-0.2, -0.15) is 18.3 Å². The molecule has 98 valence electrons. The zero-order chi connectivity index (χ0) is 13.0. The molecule has 1 aliphatic rings. The minimum absolute atomic E-state index is 0.0167. The lowest BCUT2D eigenvalue weighted by molar-refractivity contribution is -0.136. The first-order chi connectivity index (χ1) is 8.57. The maximum absolute atomic E-state index is 12.7. The first-order valence-electron chi connectivity index (χ1n) is 6.05. The standard InChI is InChI=1S/C13H15F3N2/c14-13(15,16)11-8-4-5-9-12(11)18-17-10-6-2-1-3-7-10/h4-5,8-9,18H,1-3,6-7H2. The van der Waals surface area contributed by atoms with Crippen LogP contribution in [0.2, 0.25) is 0 Å². The molecule has 0 radical (unpaired) electrons. The summed E-state index contributed by atoms with van der Waals surface area (Å²) in [6.07, 6.45) is 0.722. The smallest absolute Gasteiger partial charge is 0.278 e. The van der Waals surface area contributed by atoms with Gasteiger partial charge >= 0.3 is 6.18 Å². The first-order valence-corrected chi connectivity index (χ1v) is 6.05. The highest BCUT2D eigenvalue weighted by atomic mass is 19.4. The highest BCUT2D eigenvalue weighted by Crippen LogP contribution is 2.34. The average molecular weight is 256 g/mol. The second kappa shape index (κ2) is 5.42. The predicted octanol–water partition coefficient (Wildman–Crippen LogP) is 4.44. The molecule has 0 aliphatic heterocycles. The van der Waals surface area contributed by atoms with Crippen molar-refractivity contribution < 1.29 is 13.2 Å². The quantitative estimate of drug-likeness (QED) is 0.777. The van der Waals surface area contributed by atoms with Gasteiger partial charge in [-0.05, 0) is 37.8 Å². The Morgan fingerprint density at radius 3 is 2.33 bits per heavy atom. The SMILES string of the molecule is FC(F)(F)c1ccccc1NN=C1CCCCC1. The van der Waals surface area contributed by atoms with Crippen LogP contribution in [-0.4, -0.2) is 5.71 Å². The van der Waals surface area contributed by atoms with Crippen molar-refractivity contribution in [3.05, 3.63) is 29.8 Å². The van der Waals surface area contributed by atoms with Crippen molar-refractivity contribution in [1.82, 2.24) is 0 Å². The largest absolute Gasteiger partial charge is 0.418 e. The summed E-state index contributed by atoms with van der Waals surface area (Å²) in [6, 6.07) is 5.40. The second-order valence-electron chi connectivity index (χ2n) is 4.39. The molecule has 1 aromatic rings. The molecule has 2 nitrogen and oxygen atoms in total. The Labute approximate surface area is 104 Å². The van der Waals surface area contributed by atoms with Gasteiger partial charge in [0.2, 0.25) is 0 Å². The fraction of sp³-hybridized carbons (Fsp3) is 0.462. The molecule has 0 aromatic heterocycles. The molecule has 2 rings (SSSR count). The van der Waals surface area contributed by atoms with Crippen LogP contribution in [0.5, 0.6) is 0 Å². The number of hydrazone groups is 1. The van der Waals surface area contributed by atoms with Crippen LogP contribution in [0.4, 0.5) is 18.9 Å². The molecule has 0 bridgehead atoms. The van der Waals surface area contributed by atoms with Crippen LogP contribution in [-0.2, 0) is 6.18 Å². The molecule has 1 aromatic carbocycles. The molecule has 5 heteroatoms. The van der Waals surface area contributed by atoms with Gasteiger partial charge in [-0.1, -0.05) is 18.6 Å². The van der Waals surface area contributed by atoms with E-state index in [1.165, 1.54) is 18.6 Å². The van der Waals surface area contributed by atoms with E-state index in [-0.39, 0.29) is 5.69 Å². The van der Waals surface area contributed by atoms with E-state index < -0.39 is 11.7 Å². The first kappa shape index (κ1) is 12.9. The molecule has 0 amide bonds. The summed E-state index contributed by atoms with van der Waals surface area (Å²) in [6.45, 7) is 0. The van der Waals surface area contributed by atoms with Crippen LogP contribution < -0.4 is 5.43 Å². The van der Waals surface area contributed by atoms with Crippen molar-refractivity contribution >= 4 is 11.4 Å². The van der Waals surface area contributed by atoms with Gasteiger partial charge in [0.1, 0.15) is 0 Å². The van der Waals surface area contributed by atoms with Gasteiger partial charge in [-0.15, -0.1) is 0 Å². The van der Waals surface area contributed by atoms with Crippen LogP contribution >= 0.6 is 0 Å². The number of nitrogens with zero attached hydrogens (tertiary/aromatic N) is 1. The Hall–Kier alpha value is -1.52. The lowest BCUT2D eigenvalue weighted by Gasteiger charge is -2.15. The summed E-state index contributed by atoms with van der Waals surface area (Å²) < 4.78 is 38.2. The monoisotopic (exact) mass is 256 g/mol. The van der Waals surface area contributed by atoms with Crippen molar-refractivity contribution in [2.75, 3.05) is 5.43 Å². The van der Waals surface area contributed by atoms with E-state index in [2.05, 4.69) is 10.5 Å². The fourth-order valence-electron chi connectivity index (χ4n) is 2.04. The zero-order valence-electron chi connectivity index (χ0n) is 9.93. The van der Waals surface area contributed by atoms with Gasteiger partial charge in [0.25, 0.3) is 0 Å². The third kappa shape index (κ3) is 3.24. The van der Waals surface area contributed by atoms with E-state index in [0.717, 1.165) is 37.5 Å². The number of hydrogen-bond donors (Lipinski definition) is 1. The topological polar surface area (TPSA) is 24.4 Å². The van der Waals surface area contributed by atoms with E-state index >= 15 is 0 Å². The third-order valence-electron chi connectivity index (χ3n) is 3.00. The summed E-state index contributed by atoms with van der Waals surface area (Å²) in [4.78, 5) is 0. The van der Waals surface area contributed by atoms with E-state index in [9.17, 15) is 13.2 Å². The number of hydrogen-bond acceptors (Lipinski definition) is 2. The highest BCUT2D eigenvalue weighted by Gasteiger charge is 2.33. The molecule has 1 N–H and O–H groups in total. The molecular weight excluding hydrogens is 241 g/mol. The molecule has 1 aliphatic carbocycles. The summed E-state index contributed by atoms with van der Waals surface area (Å²) >= 11 is 0. The number of benzene rings is 1. The lowest BCUT2D eigenvalue weighted by Crippen LogP contribution is -2.11. The molecule has 0 spiro atoms. The number of alkyl halides is 3. The van der Waals surface area contributed by atoms with Crippen molar-refractivity contribution in [1.29, 1.82) is 0 Å². The fourth-order valence-corrected chi connectivity index (χ4v) is 2.04. The van der Waals surface area contributed by atoms with Gasteiger partial charge in [-0.3, -0.25) is 5.43 Å². The average Bonchev–Trinajstić information content (AvgIpc) is 2.37. The van der Waals surface area contributed by atoms with Crippen molar-refractivity contribution in [2.45, 2.75) is 38.3 Å². The number of rotatable bonds is 2. The van der Waals surface area contributed by atoms with Gasteiger partial charge in [-0.25, -0.2) is 0 Å². The number of nitrogens with one attached hydrogen (secondary N) is 1. The molecule has 18 heavy (non-hydrogen) atoms. The lowest BCUT2D eigenvalue weighted by atomic mass is 9.99. The Kier molecular flexibility index (Phi) is 3.89. The maximum Gasteiger partial charge on any atom is 0.418 e. The van der Waals surface area contributed by atoms with E-state index in [0.29, 0.717) is 0 Å². The molecule has 0 heterocycles. The summed E-state index contributed by atoms with van der Waals surface area (Å²) in [5.41, 5.74) is 2.86. The summed E-state index contributed by atoms with van der Waals surface area (Å²) in [7, 11) is 0. The van der Waals surface area contributed by atoms with Crippen LogP contribution in [0.15, 0.2) is 29.4 Å². The van der Waals surface area contributed by atoms with Gasteiger partial charge < -0.3 is 0 Å². The van der Waals surface area contributed by atoms with Gasteiger partial charge in [0.05, 0.1) is 11.3 Å². The Morgan fingerprint density at radius 2 is 1.67 bits per heavy atom. The number of para-hydroxylation sites is 1. The molecule has 1 fully saturated rings. The van der Waals surface area contributed by atoms with E-state index in [4.69, 9.17) is 0 Å². The highest BCUT2D eigenvalue weighted by molar-refractivity contribution is 5.85. The summed E-state index contributed by atoms with van der Waals surface area (Å²) in [5.74, 6) is 0. The minimum Gasteiger partial charge on any atom is -0.278 e. The molecule has 1 saturated carbocycles. The maximum atomic E-state index is 12.7. The number of halogens is 3. The van der Waals surface area contributed by atoms with E-state index in [1.54, 1.807) is 6.07 Å². The molecule has 0 saturated heterocycles. The third-order valence-corrected chi connectivity index (χ3v) is 3.00. The van der Waals surface area contributed by atoms with Crippen LogP contribution in [0.3, 0.4) is 0 Å². The minimum atomic E-state index is -4.35. The normalized spacial score (nSPS) is 16.5. The van der Waals surface area contributed by atoms with Crippen molar-refractivity contribution in [3.63, 3.8) is 0 Å². The Morgan fingerprint density at radius 1 is 1.00 bits per heavy atom. The molecule has 0 unspecified atom stereocenters. The number of anilines is 1. The van der Waals surface area contributed by atoms with E-state index in [1.807, 2.05) is 0 Å². The molecular formula is C13H15F3N2. The van der Waals surface area contributed by atoms with Crippen LogP contribution in [0, 0.1) is 0 Å². The molecule has 0 atom stereocenters.